The fraction of sp³-hybridized carbons (Fsp3) is 0.160. The van der Waals surface area contributed by atoms with Crippen LogP contribution in [-0.4, -0.2) is 31.2 Å². The highest BCUT2D eigenvalue weighted by molar-refractivity contribution is 7.89. The van der Waals surface area contributed by atoms with Crippen molar-refractivity contribution in [2.45, 2.75) is 24.3 Å². The number of nitrogens with one attached hydrogen (secondary N) is 1. The van der Waals surface area contributed by atoms with Gasteiger partial charge < -0.3 is 5.32 Å². The van der Waals surface area contributed by atoms with Gasteiger partial charge in [-0.1, -0.05) is 78.4 Å². The molecular weight excluding hydrogens is 408 g/mol. The van der Waals surface area contributed by atoms with Crippen LogP contribution < -0.4 is 5.32 Å². The Balaban J connectivity index is 1.75. The zero-order valence-electron chi connectivity index (χ0n) is 17.2. The topological polar surface area (TPSA) is 66.5 Å². The van der Waals surface area contributed by atoms with Gasteiger partial charge in [0, 0.05) is 12.2 Å². The number of amides is 1. The summed E-state index contributed by atoms with van der Waals surface area (Å²) in [5.41, 5.74) is 3.32. The van der Waals surface area contributed by atoms with Crippen LogP contribution in [0.3, 0.4) is 0 Å². The third-order valence-corrected chi connectivity index (χ3v) is 7.26. The molecule has 6 heteroatoms. The quantitative estimate of drug-likeness (QED) is 0.668. The van der Waals surface area contributed by atoms with Crippen LogP contribution in [0.15, 0.2) is 95.9 Å². The van der Waals surface area contributed by atoms with Crippen molar-refractivity contribution in [2.24, 2.45) is 0 Å². The van der Waals surface area contributed by atoms with Gasteiger partial charge in [0.25, 0.3) is 0 Å². The summed E-state index contributed by atoms with van der Waals surface area (Å²) in [5.74, 6) is -0.341. The average molecular weight is 433 g/mol. The SMILES string of the molecule is Cc1ccc(S(=O)(=O)N2CC=C(c3ccccc3)NC(=O)[C@@H]2Cc2ccccc2)cc1. The Labute approximate surface area is 183 Å². The number of carbonyl (C=O) groups is 1. The highest BCUT2D eigenvalue weighted by atomic mass is 32.2. The largest absolute Gasteiger partial charge is 0.324 e. The van der Waals surface area contributed by atoms with Crippen LogP contribution in [0.25, 0.3) is 5.70 Å². The second kappa shape index (κ2) is 8.88. The molecule has 0 aliphatic carbocycles. The molecule has 31 heavy (non-hydrogen) atoms. The van der Waals surface area contributed by atoms with E-state index < -0.39 is 16.1 Å². The molecule has 1 N–H and O–H groups in total. The van der Waals surface area contributed by atoms with Crippen LogP contribution in [-0.2, 0) is 21.2 Å². The lowest BCUT2D eigenvalue weighted by molar-refractivity contribution is -0.123. The fourth-order valence-corrected chi connectivity index (χ4v) is 5.18. The molecule has 0 unspecified atom stereocenters. The Kier molecular flexibility index (Phi) is 6.02. The first-order valence-electron chi connectivity index (χ1n) is 10.1. The van der Waals surface area contributed by atoms with Crippen LogP contribution in [0.2, 0.25) is 0 Å². The number of nitrogens with zero attached hydrogens (tertiary/aromatic N) is 1. The third kappa shape index (κ3) is 4.60. The van der Waals surface area contributed by atoms with E-state index in [0.717, 1.165) is 16.7 Å². The Morgan fingerprint density at radius 1 is 0.903 bits per heavy atom. The molecule has 0 saturated carbocycles. The van der Waals surface area contributed by atoms with Gasteiger partial charge in [-0.2, -0.15) is 4.31 Å². The van der Waals surface area contributed by atoms with Gasteiger partial charge in [-0.3, -0.25) is 4.79 Å². The minimum atomic E-state index is -3.88. The van der Waals surface area contributed by atoms with Gasteiger partial charge in [0.1, 0.15) is 6.04 Å². The molecule has 0 bridgehead atoms. The van der Waals surface area contributed by atoms with Crippen LogP contribution in [0.4, 0.5) is 0 Å². The van der Waals surface area contributed by atoms with Crippen molar-refractivity contribution in [1.29, 1.82) is 0 Å². The third-order valence-electron chi connectivity index (χ3n) is 5.37. The first-order chi connectivity index (χ1) is 14.9. The number of benzene rings is 3. The van der Waals surface area contributed by atoms with Crippen LogP contribution in [0.1, 0.15) is 16.7 Å². The number of hydrogen-bond donors (Lipinski definition) is 1. The monoisotopic (exact) mass is 432 g/mol. The van der Waals surface area contributed by atoms with Crippen LogP contribution in [0, 0.1) is 6.92 Å². The lowest BCUT2D eigenvalue weighted by Crippen LogP contribution is -2.48. The summed E-state index contributed by atoms with van der Waals surface area (Å²) in [6, 6.07) is 24.8. The van der Waals surface area contributed by atoms with Crippen molar-refractivity contribution in [3.63, 3.8) is 0 Å². The van der Waals surface area contributed by atoms with E-state index in [1.807, 2.05) is 67.6 Å². The zero-order valence-corrected chi connectivity index (χ0v) is 18.0. The van der Waals surface area contributed by atoms with Crippen LogP contribution >= 0.6 is 0 Å². The number of sulfonamides is 1. The molecular formula is C25H24N2O3S. The molecule has 0 fully saturated rings. The van der Waals surface area contributed by atoms with Gasteiger partial charge in [0.05, 0.1) is 4.90 Å². The molecule has 1 aliphatic heterocycles. The first kappa shape index (κ1) is 21.0. The summed E-state index contributed by atoms with van der Waals surface area (Å²) in [7, 11) is -3.88. The molecule has 1 amide bonds. The summed E-state index contributed by atoms with van der Waals surface area (Å²) >= 11 is 0. The maximum Gasteiger partial charge on any atom is 0.244 e. The number of rotatable bonds is 5. The fourth-order valence-electron chi connectivity index (χ4n) is 3.66. The van der Waals surface area contributed by atoms with Crippen molar-refractivity contribution in [2.75, 3.05) is 6.54 Å². The molecule has 1 aliphatic rings. The summed E-state index contributed by atoms with van der Waals surface area (Å²) in [5, 5.41) is 2.94. The van der Waals surface area contributed by atoms with Gasteiger partial charge in [0.15, 0.2) is 0 Å². The molecule has 0 radical (unpaired) electrons. The normalized spacial score (nSPS) is 17.5. The van der Waals surface area contributed by atoms with E-state index in [-0.39, 0.29) is 23.8 Å². The van der Waals surface area contributed by atoms with Gasteiger partial charge >= 0.3 is 0 Å². The minimum Gasteiger partial charge on any atom is -0.324 e. The minimum absolute atomic E-state index is 0.0939. The van der Waals surface area contributed by atoms with E-state index in [4.69, 9.17) is 0 Å². The molecule has 5 nitrogen and oxygen atoms in total. The number of aryl methyl sites for hydroxylation is 1. The highest BCUT2D eigenvalue weighted by Gasteiger charge is 2.37. The van der Waals surface area contributed by atoms with E-state index in [0.29, 0.717) is 5.70 Å². The van der Waals surface area contributed by atoms with Crippen LogP contribution in [0.5, 0.6) is 0 Å². The number of carbonyl (C=O) groups excluding carboxylic acids is 1. The van der Waals surface area contributed by atoms with Gasteiger partial charge in [0.2, 0.25) is 15.9 Å². The highest BCUT2D eigenvalue weighted by Crippen LogP contribution is 2.25. The Morgan fingerprint density at radius 2 is 1.52 bits per heavy atom. The molecule has 3 aromatic rings. The summed E-state index contributed by atoms with van der Waals surface area (Å²) in [6.07, 6.45) is 2.05. The standard InChI is InChI=1S/C25H24N2O3S/c1-19-12-14-22(15-13-19)31(29,30)27-17-16-23(21-10-6-3-7-11-21)26-25(28)24(27)18-20-8-4-2-5-9-20/h2-16,24H,17-18H2,1H3,(H,26,28)/t24-/m0/s1. The second-order valence-corrected chi connectivity index (χ2v) is 9.46. The van der Waals surface area contributed by atoms with Gasteiger partial charge in [-0.15, -0.1) is 0 Å². The number of hydrogen-bond acceptors (Lipinski definition) is 3. The van der Waals surface area contributed by atoms with E-state index in [9.17, 15) is 13.2 Å². The molecule has 0 spiro atoms. The molecule has 0 aromatic heterocycles. The van der Waals surface area contributed by atoms with Crippen molar-refractivity contribution in [3.05, 3.63) is 108 Å². The van der Waals surface area contributed by atoms with Crippen molar-refractivity contribution < 1.29 is 13.2 Å². The molecule has 3 aromatic carbocycles. The summed E-state index contributed by atoms with van der Waals surface area (Å²) in [6.45, 7) is 2.00. The Morgan fingerprint density at radius 3 is 2.16 bits per heavy atom. The molecule has 4 rings (SSSR count). The lowest BCUT2D eigenvalue weighted by atomic mass is 10.1. The molecule has 158 valence electrons. The van der Waals surface area contributed by atoms with Gasteiger partial charge in [-0.25, -0.2) is 8.42 Å². The van der Waals surface area contributed by atoms with E-state index >= 15 is 0 Å². The Bertz CT molecular complexity index is 1190. The maximum atomic E-state index is 13.6. The first-order valence-corrected chi connectivity index (χ1v) is 11.6. The summed E-state index contributed by atoms with van der Waals surface area (Å²) in [4.78, 5) is 13.5. The Hall–Kier alpha value is -3.22. The van der Waals surface area contributed by atoms with Gasteiger partial charge in [-0.05, 0) is 42.7 Å². The van der Waals surface area contributed by atoms with E-state index in [2.05, 4.69) is 5.32 Å². The van der Waals surface area contributed by atoms with Crippen molar-refractivity contribution >= 4 is 21.6 Å². The van der Waals surface area contributed by atoms with Crippen molar-refractivity contribution in [3.8, 4) is 0 Å². The summed E-state index contributed by atoms with van der Waals surface area (Å²) < 4.78 is 28.4. The van der Waals surface area contributed by atoms with E-state index in [1.165, 1.54) is 4.31 Å². The predicted molar refractivity (Wildman–Crippen MR) is 122 cm³/mol. The molecule has 0 saturated heterocycles. The van der Waals surface area contributed by atoms with Crippen molar-refractivity contribution in [1.82, 2.24) is 9.62 Å². The maximum absolute atomic E-state index is 13.6. The lowest BCUT2D eigenvalue weighted by Gasteiger charge is -2.27. The smallest absolute Gasteiger partial charge is 0.244 e. The molecule has 1 atom stereocenters. The van der Waals surface area contributed by atoms with E-state index in [1.54, 1.807) is 30.3 Å². The zero-order chi connectivity index (χ0) is 21.8. The average Bonchev–Trinajstić information content (AvgIpc) is 2.95. The molecule has 1 heterocycles. The second-order valence-electron chi connectivity index (χ2n) is 7.57. The predicted octanol–water partition coefficient (Wildman–Crippen LogP) is 3.77.